The quantitative estimate of drug-likeness (QED) is 0.464. The van der Waals surface area contributed by atoms with E-state index in [2.05, 4.69) is 4.99 Å². The Hall–Kier alpha value is -4.11. The van der Waals surface area contributed by atoms with Gasteiger partial charge in [0.05, 0.1) is 23.7 Å². The van der Waals surface area contributed by atoms with Crippen LogP contribution in [0.4, 0.5) is 10.1 Å². The highest BCUT2D eigenvalue weighted by molar-refractivity contribution is 8.18. The molecule has 3 aromatic rings. The van der Waals surface area contributed by atoms with E-state index < -0.39 is 5.97 Å². The van der Waals surface area contributed by atoms with E-state index in [4.69, 9.17) is 9.47 Å². The Morgan fingerprint density at radius 2 is 1.91 bits per heavy atom. The Morgan fingerprint density at radius 1 is 1.11 bits per heavy atom. The Morgan fingerprint density at radius 3 is 2.66 bits per heavy atom. The number of aromatic carboxylic acids is 1. The average Bonchev–Trinajstić information content (AvgIpc) is 3.11. The molecule has 1 heterocycles. The molecule has 178 valence electrons. The molecule has 1 fully saturated rings. The van der Waals surface area contributed by atoms with Crippen LogP contribution in [0, 0.1) is 5.82 Å². The molecule has 0 saturated carbocycles. The molecule has 9 heteroatoms. The number of hydrogen-bond donors (Lipinski definition) is 0. The molecule has 4 rings (SSSR count). The molecule has 3 aromatic carbocycles. The number of amidine groups is 1. The molecule has 1 amide bonds. The first kappa shape index (κ1) is 24.0. The van der Waals surface area contributed by atoms with Crippen LogP contribution in [-0.2, 0) is 11.4 Å². The average molecular weight is 492 g/mol. The fourth-order valence-corrected chi connectivity index (χ4v) is 4.27. The lowest BCUT2D eigenvalue weighted by molar-refractivity contribution is -0.255. The normalized spacial score (nSPS) is 15.6. The number of carbonyl (C=O) groups is 2. The van der Waals surface area contributed by atoms with Gasteiger partial charge < -0.3 is 19.4 Å². The molecule has 7 nitrogen and oxygen atoms in total. The van der Waals surface area contributed by atoms with Gasteiger partial charge in [0.25, 0.3) is 5.91 Å². The van der Waals surface area contributed by atoms with Gasteiger partial charge in [0.2, 0.25) is 0 Å². The molecule has 0 bridgehead atoms. The molecule has 0 unspecified atom stereocenters. The second kappa shape index (κ2) is 10.4. The topological polar surface area (TPSA) is 91.3 Å². The van der Waals surface area contributed by atoms with Gasteiger partial charge >= 0.3 is 0 Å². The zero-order valence-corrected chi connectivity index (χ0v) is 19.7. The minimum atomic E-state index is -1.30. The van der Waals surface area contributed by atoms with E-state index in [1.807, 2.05) is 0 Å². The maximum atomic E-state index is 13.9. The van der Waals surface area contributed by atoms with Crippen molar-refractivity contribution in [2.45, 2.75) is 6.61 Å². The third kappa shape index (κ3) is 5.52. The smallest absolute Gasteiger partial charge is 0.266 e. The fourth-order valence-electron chi connectivity index (χ4n) is 3.28. The van der Waals surface area contributed by atoms with Gasteiger partial charge in [-0.25, -0.2) is 9.38 Å². The molecule has 0 N–H and O–H groups in total. The summed E-state index contributed by atoms with van der Waals surface area (Å²) in [5.74, 6) is -1.02. The van der Waals surface area contributed by atoms with Crippen molar-refractivity contribution in [3.63, 3.8) is 0 Å². The summed E-state index contributed by atoms with van der Waals surface area (Å²) >= 11 is 1.17. The van der Waals surface area contributed by atoms with E-state index in [0.717, 1.165) is 0 Å². The SMILES string of the molecule is COc1cc(C=C2SC(=Nc3cccc(C(=O)[O-])c3)N(C)C2=O)ccc1OCc1ccccc1F. The third-order valence-electron chi connectivity index (χ3n) is 5.14. The Labute approximate surface area is 205 Å². The van der Waals surface area contributed by atoms with Crippen molar-refractivity contribution < 1.29 is 28.6 Å². The lowest BCUT2D eigenvalue weighted by atomic mass is 10.1. The number of thioether (sulfide) groups is 1. The summed E-state index contributed by atoms with van der Waals surface area (Å²) < 4.78 is 25.0. The van der Waals surface area contributed by atoms with Crippen LogP contribution in [0.1, 0.15) is 21.5 Å². The number of amides is 1. The number of likely N-dealkylation sites (N-methyl/N-ethyl adjacent to an activating group) is 1. The fraction of sp³-hybridized carbons (Fsp3) is 0.115. The number of hydrogen-bond acceptors (Lipinski definition) is 7. The molecule has 1 aliphatic rings. The van der Waals surface area contributed by atoms with Crippen molar-refractivity contribution in [2.75, 3.05) is 14.2 Å². The zero-order valence-electron chi connectivity index (χ0n) is 18.9. The van der Waals surface area contributed by atoms with Crippen LogP contribution >= 0.6 is 11.8 Å². The number of methoxy groups -OCH3 is 1. The van der Waals surface area contributed by atoms with E-state index in [-0.39, 0.29) is 23.9 Å². The van der Waals surface area contributed by atoms with Crippen LogP contribution in [0.2, 0.25) is 0 Å². The van der Waals surface area contributed by atoms with Crippen LogP contribution < -0.4 is 14.6 Å². The highest BCUT2D eigenvalue weighted by Crippen LogP contribution is 2.35. The van der Waals surface area contributed by atoms with E-state index in [1.165, 1.54) is 42.0 Å². The summed E-state index contributed by atoms with van der Waals surface area (Å²) in [5, 5.41) is 11.5. The number of rotatable bonds is 7. The van der Waals surface area contributed by atoms with Crippen LogP contribution in [0.15, 0.2) is 76.6 Å². The maximum absolute atomic E-state index is 13.9. The molecule has 0 aliphatic carbocycles. The molecule has 0 radical (unpaired) electrons. The summed E-state index contributed by atoms with van der Waals surface area (Å²) in [7, 11) is 3.09. The van der Waals surface area contributed by atoms with Crippen molar-refractivity contribution in [2.24, 2.45) is 4.99 Å². The number of carboxylic acid groups (broad SMARTS) is 1. The van der Waals surface area contributed by atoms with Crippen LogP contribution in [0.3, 0.4) is 0 Å². The third-order valence-corrected chi connectivity index (χ3v) is 6.20. The highest BCUT2D eigenvalue weighted by Gasteiger charge is 2.30. The van der Waals surface area contributed by atoms with Gasteiger partial charge in [0, 0.05) is 12.6 Å². The van der Waals surface area contributed by atoms with Gasteiger partial charge in [-0.15, -0.1) is 0 Å². The number of halogens is 1. The van der Waals surface area contributed by atoms with Crippen molar-refractivity contribution in [1.82, 2.24) is 4.90 Å². The van der Waals surface area contributed by atoms with E-state index >= 15 is 0 Å². The number of carboxylic acids is 1. The molecular weight excluding hydrogens is 471 g/mol. The minimum absolute atomic E-state index is 0.00370. The van der Waals surface area contributed by atoms with Gasteiger partial charge in [-0.3, -0.25) is 9.69 Å². The first-order valence-electron chi connectivity index (χ1n) is 10.5. The maximum Gasteiger partial charge on any atom is 0.266 e. The highest BCUT2D eigenvalue weighted by atomic mass is 32.2. The summed E-state index contributed by atoms with van der Waals surface area (Å²) in [6.45, 7) is 0.0432. The first-order valence-corrected chi connectivity index (χ1v) is 11.3. The molecule has 35 heavy (non-hydrogen) atoms. The number of aliphatic imine (C=N–C) groups is 1. The second-order valence-electron chi connectivity index (χ2n) is 7.50. The second-order valence-corrected chi connectivity index (χ2v) is 8.51. The zero-order chi connectivity index (χ0) is 24.9. The molecule has 0 aromatic heterocycles. The van der Waals surface area contributed by atoms with Gasteiger partial charge in [0.15, 0.2) is 16.7 Å². The van der Waals surface area contributed by atoms with E-state index in [9.17, 15) is 19.1 Å². The summed E-state index contributed by atoms with van der Waals surface area (Å²) in [6.07, 6.45) is 1.70. The van der Waals surface area contributed by atoms with Gasteiger partial charge in [-0.1, -0.05) is 36.4 Å². The Kier molecular flexibility index (Phi) is 7.17. The van der Waals surface area contributed by atoms with Crippen LogP contribution in [0.25, 0.3) is 6.08 Å². The Bertz CT molecular complexity index is 1360. The monoisotopic (exact) mass is 491 g/mol. The molecule has 0 spiro atoms. The Balaban J connectivity index is 1.54. The van der Waals surface area contributed by atoms with Crippen molar-refractivity contribution >= 4 is 40.6 Å². The standard InChI is InChI=1S/C26H21FN2O5S/c1-29-24(30)23(35-26(29)28-19-8-5-7-17(14-19)25(31)32)13-16-10-11-21(22(12-16)33-2)34-15-18-6-3-4-9-20(18)27/h3-14H,15H2,1-2H3,(H,31,32)/p-1. The lowest BCUT2D eigenvalue weighted by Crippen LogP contribution is -2.23. The van der Waals surface area contributed by atoms with Crippen molar-refractivity contribution in [3.05, 3.63) is 94.1 Å². The van der Waals surface area contributed by atoms with Crippen LogP contribution in [0.5, 0.6) is 11.5 Å². The van der Waals surface area contributed by atoms with E-state index in [1.54, 1.807) is 61.7 Å². The predicted molar refractivity (Wildman–Crippen MR) is 130 cm³/mol. The minimum Gasteiger partial charge on any atom is -0.545 e. The predicted octanol–water partition coefficient (Wildman–Crippen LogP) is 4.01. The first-order chi connectivity index (χ1) is 16.9. The van der Waals surface area contributed by atoms with Gasteiger partial charge in [-0.05, 0) is 59.3 Å². The number of benzene rings is 3. The van der Waals surface area contributed by atoms with Crippen LogP contribution in [-0.4, -0.2) is 36.1 Å². The van der Waals surface area contributed by atoms with E-state index in [0.29, 0.717) is 38.4 Å². The van der Waals surface area contributed by atoms with Gasteiger partial charge in [-0.2, -0.15) is 0 Å². The largest absolute Gasteiger partial charge is 0.545 e. The number of ether oxygens (including phenoxy) is 2. The van der Waals surface area contributed by atoms with Gasteiger partial charge in [0.1, 0.15) is 12.4 Å². The molecule has 0 atom stereocenters. The summed E-state index contributed by atoms with van der Waals surface area (Å²) in [4.78, 5) is 30.1. The number of nitrogens with zero attached hydrogens (tertiary/aromatic N) is 2. The summed E-state index contributed by atoms with van der Waals surface area (Å²) in [5.41, 5.74) is 1.52. The lowest BCUT2D eigenvalue weighted by Gasteiger charge is -2.12. The molecular formula is C26H20FN2O5S-. The van der Waals surface area contributed by atoms with Crippen molar-refractivity contribution in [1.29, 1.82) is 0 Å². The number of carbonyl (C=O) groups excluding carboxylic acids is 2. The molecule has 1 aliphatic heterocycles. The molecule has 1 saturated heterocycles. The van der Waals surface area contributed by atoms with Crippen molar-refractivity contribution in [3.8, 4) is 11.5 Å². The summed E-state index contributed by atoms with van der Waals surface area (Å²) in [6, 6.07) is 17.5.